The van der Waals surface area contributed by atoms with Gasteiger partial charge in [0.25, 0.3) is 0 Å². The molecule has 4 heteroatoms. The summed E-state index contributed by atoms with van der Waals surface area (Å²) in [5.41, 5.74) is 1.02. The Bertz CT molecular complexity index is 609. The molecule has 0 bridgehead atoms. The van der Waals surface area contributed by atoms with Crippen molar-refractivity contribution >= 4 is 0 Å². The highest BCUT2D eigenvalue weighted by atomic mass is 19.2. The largest absolute Gasteiger partial charge is 0.316 e. The first-order chi connectivity index (χ1) is 9.04. The van der Waals surface area contributed by atoms with E-state index in [2.05, 4.69) is 5.32 Å². The predicted molar refractivity (Wildman–Crippen MR) is 69.3 cm³/mol. The van der Waals surface area contributed by atoms with Gasteiger partial charge in [-0.05, 0) is 37.2 Å². The monoisotopic (exact) mass is 265 g/mol. The lowest BCUT2D eigenvalue weighted by Gasteiger charge is -2.09. The van der Waals surface area contributed by atoms with Crippen molar-refractivity contribution < 1.29 is 13.2 Å². The summed E-state index contributed by atoms with van der Waals surface area (Å²) in [6.45, 7) is 2.00. The first-order valence-electron chi connectivity index (χ1n) is 5.92. The number of nitrogens with one attached hydrogen (secondary N) is 1. The molecule has 0 aliphatic carbocycles. The molecule has 0 aromatic heterocycles. The first-order valence-corrected chi connectivity index (χ1v) is 5.92. The second-order valence-electron chi connectivity index (χ2n) is 4.40. The molecule has 2 aromatic rings. The highest BCUT2D eigenvalue weighted by molar-refractivity contribution is 5.66. The van der Waals surface area contributed by atoms with Gasteiger partial charge in [-0.3, -0.25) is 0 Å². The molecule has 0 saturated heterocycles. The molecule has 0 radical (unpaired) electrons. The quantitative estimate of drug-likeness (QED) is 0.890. The summed E-state index contributed by atoms with van der Waals surface area (Å²) < 4.78 is 41.2. The van der Waals surface area contributed by atoms with E-state index in [0.717, 1.165) is 5.56 Å². The van der Waals surface area contributed by atoms with Crippen LogP contribution in [0.2, 0.25) is 0 Å². The third-order valence-electron chi connectivity index (χ3n) is 2.98. The van der Waals surface area contributed by atoms with Crippen LogP contribution < -0.4 is 5.32 Å². The lowest BCUT2D eigenvalue weighted by atomic mass is 10.00. The van der Waals surface area contributed by atoms with Crippen molar-refractivity contribution in [2.45, 2.75) is 13.5 Å². The second-order valence-corrected chi connectivity index (χ2v) is 4.40. The Morgan fingerprint density at radius 2 is 1.68 bits per heavy atom. The molecule has 1 N–H and O–H groups in total. The Kier molecular flexibility index (Phi) is 3.90. The van der Waals surface area contributed by atoms with Gasteiger partial charge in [-0.25, -0.2) is 13.2 Å². The Labute approximate surface area is 110 Å². The van der Waals surface area contributed by atoms with E-state index < -0.39 is 17.5 Å². The minimum Gasteiger partial charge on any atom is -0.316 e. The Morgan fingerprint density at radius 1 is 0.947 bits per heavy atom. The van der Waals surface area contributed by atoms with E-state index in [0.29, 0.717) is 6.54 Å². The molecule has 0 spiro atoms. The Morgan fingerprint density at radius 3 is 2.37 bits per heavy atom. The summed E-state index contributed by atoms with van der Waals surface area (Å²) in [6.07, 6.45) is 0. The summed E-state index contributed by atoms with van der Waals surface area (Å²) >= 11 is 0. The van der Waals surface area contributed by atoms with Gasteiger partial charge in [0.1, 0.15) is 5.82 Å². The maximum atomic E-state index is 13.9. The van der Waals surface area contributed by atoms with E-state index in [-0.39, 0.29) is 16.7 Å². The van der Waals surface area contributed by atoms with Gasteiger partial charge >= 0.3 is 0 Å². The summed E-state index contributed by atoms with van der Waals surface area (Å²) in [5.74, 6) is -2.52. The van der Waals surface area contributed by atoms with Crippen molar-refractivity contribution in [1.82, 2.24) is 5.32 Å². The molecule has 0 amide bonds. The summed E-state index contributed by atoms with van der Waals surface area (Å²) in [7, 11) is 1.76. The molecule has 1 nitrogen and oxygen atoms in total. The lowest BCUT2D eigenvalue weighted by molar-refractivity contribution is 0.504. The highest BCUT2D eigenvalue weighted by Gasteiger charge is 2.15. The normalized spacial score (nSPS) is 10.8. The number of aryl methyl sites for hydroxylation is 1. The number of rotatable bonds is 3. The number of benzene rings is 2. The predicted octanol–water partition coefficient (Wildman–Crippen LogP) is 3.80. The minimum atomic E-state index is -1.01. The van der Waals surface area contributed by atoms with Gasteiger partial charge < -0.3 is 5.32 Å². The van der Waals surface area contributed by atoms with Crippen LogP contribution >= 0.6 is 0 Å². The molecule has 0 atom stereocenters. The van der Waals surface area contributed by atoms with Crippen molar-refractivity contribution in [3.05, 3.63) is 58.9 Å². The van der Waals surface area contributed by atoms with E-state index in [9.17, 15) is 13.2 Å². The van der Waals surface area contributed by atoms with Crippen LogP contribution in [-0.2, 0) is 6.54 Å². The molecule has 100 valence electrons. The van der Waals surface area contributed by atoms with Crippen LogP contribution in [0.3, 0.4) is 0 Å². The molecule has 0 fully saturated rings. The van der Waals surface area contributed by atoms with E-state index >= 15 is 0 Å². The van der Waals surface area contributed by atoms with E-state index in [4.69, 9.17) is 0 Å². The number of hydrogen-bond acceptors (Lipinski definition) is 1. The molecule has 19 heavy (non-hydrogen) atoms. The molecular formula is C15H14F3N. The van der Waals surface area contributed by atoms with E-state index in [1.807, 2.05) is 0 Å². The van der Waals surface area contributed by atoms with E-state index in [1.54, 1.807) is 13.1 Å². The van der Waals surface area contributed by atoms with Gasteiger partial charge in [-0.2, -0.15) is 0 Å². The van der Waals surface area contributed by atoms with Crippen LogP contribution in [0.1, 0.15) is 11.1 Å². The zero-order valence-corrected chi connectivity index (χ0v) is 10.7. The van der Waals surface area contributed by atoms with Crippen molar-refractivity contribution in [2.75, 3.05) is 7.05 Å². The molecular weight excluding hydrogens is 251 g/mol. The standard InChI is InChI=1S/C15H14F3N/c1-9-3-5-11(15(18)14(9)17)12-7-10(8-19-2)4-6-13(12)16/h3-7,19H,8H2,1-2H3. The third kappa shape index (κ3) is 2.63. The number of halogens is 3. The minimum absolute atomic E-state index is 0.0569. The SMILES string of the molecule is CNCc1ccc(F)c(-c2ccc(C)c(F)c2F)c1. The topological polar surface area (TPSA) is 12.0 Å². The molecule has 0 saturated carbocycles. The fraction of sp³-hybridized carbons (Fsp3) is 0.200. The van der Waals surface area contributed by atoms with Crippen LogP contribution in [0.4, 0.5) is 13.2 Å². The second kappa shape index (κ2) is 5.45. The van der Waals surface area contributed by atoms with Gasteiger partial charge in [0.2, 0.25) is 0 Å². The Balaban J connectivity index is 2.58. The van der Waals surface area contributed by atoms with E-state index in [1.165, 1.54) is 31.2 Å². The van der Waals surface area contributed by atoms with Gasteiger partial charge in [-0.15, -0.1) is 0 Å². The average molecular weight is 265 g/mol. The lowest BCUT2D eigenvalue weighted by Crippen LogP contribution is -2.05. The fourth-order valence-electron chi connectivity index (χ4n) is 1.95. The van der Waals surface area contributed by atoms with Crippen LogP contribution in [0.15, 0.2) is 30.3 Å². The van der Waals surface area contributed by atoms with Gasteiger partial charge in [0.15, 0.2) is 11.6 Å². The third-order valence-corrected chi connectivity index (χ3v) is 2.98. The van der Waals surface area contributed by atoms with Gasteiger partial charge in [0, 0.05) is 17.7 Å². The van der Waals surface area contributed by atoms with Crippen LogP contribution in [-0.4, -0.2) is 7.05 Å². The molecule has 0 unspecified atom stereocenters. The summed E-state index contributed by atoms with van der Waals surface area (Å²) in [6, 6.07) is 7.24. The zero-order valence-electron chi connectivity index (χ0n) is 10.7. The van der Waals surface area contributed by atoms with Gasteiger partial charge in [-0.1, -0.05) is 18.2 Å². The van der Waals surface area contributed by atoms with Crippen molar-refractivity contribution in [3.8, 4) is 11.1 Å². The van der Waals surface area contributed by atoms with Crippen LogP contribution in [0.25, 0.3) is 11.1 Å². The van der Waals surface area contributed by atoms with Crippen molar-refractivity contribution in [1.29, 1.82) is 0 Å². The summed E-state index contributed by atoms with van der Waals surface area (Å²) in [4.78, 5) is 0. The van der Waals surface area contributed by atoms with Crippen LogP contribution in [0.5, 0.6) is 0 Å². The molecule has 0 heterocycles. The fourth-order valence-corrected chi connectivity index (χ4v) is 1.95. The molecule has 0 aliphatic rings. The Hall–Kier alpha value is -1.81. The number of hydrogen-bond donors (Lipinski definition) is 1. The highest BCUT2D eigenvalue weighted by Crippen LogP contribution is 2.29. The van der Waals surface area contributed by atoms with Crippen molar-refractivity contribution in [3.63, 3.8) is 0 Å². The average Bonchev–Trinajstić information content (AvgIpc) is 2.39. The smallest absolute Gasteiger partial charge is 0.167 e. The van der Waals surface area contributed by atoms with Crippen molar-refractivity contribution in [2.24, 2.45) is 0 Å². The maximum absolute atomic E-state index is 13.9. The van der Waals surface area contributed by atoms with Crippen LogP contribution in [0, 0.1) is 24.4 Å². The first kappa shape index (κ1) is 13.6. The molecule has 2 aromatic carbocycles. The molecule has 2 rings (SSSR count). The summed E-state index contributed by atoms with van der Waals surface area (Å²) in [5, 5.41) is 2.93. The molecule has 0 aliphatic heterocycles. The van der Waals surface area contributed by atoms with Gasteiger partial charge in [0.05, 0.1) is 0 Å². The zero-order chi connectivity index (χ0) is 14.0. The maximum Gasteiger partial charge on any atom is 0.167 e.